The molecule has 144 valence electrons. The minimum atomic E-state index is -2.83. The van der Waals surface area contributed by atoms with Gasteiger partial charge < -0.3 is 14.6 Å². The third-order valence-corrected chi connectivity index (χ3v) is 9.98. The Morgan fingerprint density at radius 1 is 1.04 bits per heavy atom. The Hall–Kier alpha value is -1.94. The van der Waals surface area contributed by atoms with Crippen LogP contribution in [-0.2, 0) is 4.43 Å². The number of benzene rings is 2. The van der Waals surface area contributed by atoms with E-state index in [2.05, 4.69) is 57.3 Å². The van der Waals surface area contributed by atoms with E-state index in [0.717, 1.165) is 10.4 Å². The van der Waals surface area contributed by atoms with Gasteiger partial charge >= 0.3 is 0 Å². The molecule has 2 aromatic carbocycles. The van der Waals surface area contributed by atoms with Gasteiger partial charge in [-0.3, -0.25) is 0 Å². The van der Waals surface area contributed by atoms with Gasteiger partial charge in [0.15, 0.2) is 0 Å². The van der Waals surface area contributed by atoms with Crippen LogP contribution in [0.2, 0.25) is 5.04 Å². The summed E-state index contributed by atoms with van der Waals surface area (Å²) in [5.74, 6) is 0. The smallest absolute Gasteiger partial charge is 0.262 e. The number of aliphatic hydroxyl groups is 2. The lowest BCUT2D eigenvalue weighted by molar-refractivity contribution is 0.0118. The Morgan fingerprint density at radius 2 is 1.48 bits per heavy atom. The van der Waals surface area contributed by atoms with Crippen LogP contribution in [-0.4, -0.2) is 37.3 Å². The van der Waals surface area contributed by atoms with Gasteiger partial charge in [-0.15, -0.1) is 5.73 Å². The standard InChI is InChI=1S/C23H30O3Si/c1-6-18(2)22(21(25)17-24)26-27(23(3,4)5,19-13-9-7-10-14-19)20-15-11-8-12-16-20/h7-16,21-22,24-25H,1,17H2,2-5H3/t21-,22+/m1/s1. The van der Waals surface area contributed by atoms with Crippen LogP contribution in [0.25, 0.3) is 0 Å². The molecule has 0 aliphatic rings. The fourth-order valence-electron chi connectivity index (χ4n) is 3.53. The topological polar surface area (TPSA) is 49.7 Å². The van der Waals surface area contributed by atoms with Gasteiger partial charge in [0.25, 0.3) is 8.32 Å². The van der Waals surface area contributed by atoms with Crippen molar-refractivity contribution in [2.75, 3.05) is 6.61 Å². The highest BCUT2D eigenvalue weighted by atomic mass is 28.4. The highest BCUT2D eigenvalue weighted by Gasteiger charge is 2.52. The molecule has 0 amide bonds. The van der Waals surface area contributed by atoms with Crippen LogP contribution in [0.4, 0.5) is 0 Å². The van der Waals surface area contributed by atoms with E-state index in [0.29, 0.717) is 5.57 Å². The van der Waals surface area contributed by atoms with Crippen molar-refractivity contribution in [3.05, 3.63) is 78.5 Å². The van der Waals surface area contributed by atoms with Gasteiger partial charge in [0, 0.05) is 0 Å². The first-order valence-corrected chi connectivity index (χ1v) is 11.1. The van der Waals surface area contributed by atoms with Gasteiger partial charge in [-0.1, -0.05) is 88.0 Å². The molecule has 2 aromatic rings. The summed E-state index contributed by atoms with van der Waals surface area (Å²) in [6.07, 6.45) is -1.72. The van der Waals surface area contributed by atoms with Crippen molar-refractivity contribution in [1.82, 2.24) is 0 Å². The third kappa shape index (κ3) is 4.32. The maximum absolute atomic E-state index is 10.5. The van der Waals surface area contributed by atoms with Crippen molar-refractivity contribution in [2.24, 2.45) is 0 Å². The molecule has 0 saturated heterocycles. The van der Waals surface area contributed by atoms with Crippen molar-refractivity contribution in [1.29, 1.82) is 0 Å². The molecular formula is C23H30O3Si. The molecule has 2 N–H and O–H groups in total. The second-order valence-corrected chi connectivity index (χ2v) is 12.1. The van der Waals surface area contributed by atoms with E-state index in [9.17, 15) is 10.2 Å². The Morgan fingerprint density at radius 3 is 1.81 bits per heavy atom. The van der Waals surface area contributed by atoms with Gasteiger partial charge in [-0.25, -0.2) is 0 Å². The quantitative estimate of drug-likeness (QED) is 0.572. The van der Waals surface area contributed by atoms with Crippen LogP contribution in [0.3, 0.4) is 0 Å². The molecule has 0 fully saturated rings. The van der Waals surface area contributed by atoms with Crippen molar-refractivity contribution in [3.63, 3.8) is 0 Å². The summed E-state index contributed by atoms with van der Waals surface area (Å²) in [4.78, 5) is 0. The molecule has 2 rings (SSSR count). The van der Waals surface area contributed by atoms with E-state index in [-0.39, 0.29) is 11.6 Å². The zero-order chi connectivity index (χ0) is 20.1. The third-order valence-electron chi connectivity index (χ3n) is 4.96. The molecule has 0 bridgehead atoms. The van der Waals surface area contributed by atoms with Crippen LogP contribution < -0.4 is 10.4 Å². The Kier molecular flexibility index (Phi) is 6.99. The normalized spacial score (nSPS) is 14.3. The summed E-state index contributed by atoms with van der Waals surface area (Å²) < 4.78 is 6.87. The monoisotopic (exact) mass is 382 g/mol. The summed E-state index contributed by atoms with van der Waals surface area (Å²) in [7, 11) is -2.83. The fourth-order valence-corrected chi connectivity index (χ4v) is 8.26. The molecule has 3 nitrogen and oxygen atoms in total. The van der Waals surface area contributed by atoms with E-state index in [4.69, 9.17) is 4.43 Å². The summed E-state index contributed by atoms with van der Waals surface area (Å²) in [6.45, 7) is 11.7. The van der Waals surface area contributed by atoms with Crippen LogP contribution in [0.1, 0.15) is 27.7 Å². The average molecular weight is 383 g/mol. The largest absolute Gasteiger partial charge is 0.397 e. The lowest BCUT2D eigenvalue weighted by Crippen LogP contribution is -2.68. The predicted molar refractivity (Wildman–Crippen MR) is 114 cm³/mol. The molecule has 0 aliphatic heterocycles. The minimum Gasteiger partial charge on any atom is -0.397 e. The maximum atomic E-state index is 10.5. The van der Waals surface area contributed by atoms with Crippen LogP contribution in [0, 0.1) is 0 Å². The van der Waals surface area contributed by atoms with E-state index in [1.165, 1.54) is 0 Å². The Balaban J connectivity index is 2.77. The first-order valence-electron chi connectivity index (χ1n) is 9.22. The Labute approximate surface area is 163 Å². The molecule has 0 saturated carbocycles. The highest BCUT2D eigenvalue weighted by molar-refractivity contribution is 6.99. The minimum absolute atomic E-state index is 0.218. The van der Waals surface area contributed by atoms with Crippen molar-refractivity contribution < 1.29 is 14.6 Å². The molecule has 4 heteroatoms. The number of rotatable bonds is 7. The van der Waals surface area contributed by atoms with Crippen molar-refractivity contribution in [3.8, 4) is 0 Å². The summed E-state index contributed by atoms with van der Waals surface area (Å²) in [5, 5.41) is 22.1. The maximum Gasteiger partial charge on any atom is 0.262 e. The number of hydrogen-bond acceptors (Lipinski definition) is 3. The van der Waals surface area contributed by atoms with Crippen molar-refractivity contribution >= 4 is 18.7 Å². The highest BCUT2D eigenvalue weighted by Crippen LogP contribution is 2.38. The average Bonchev–Trinajstić information content (AvgIpc) is 2.68. The van der Waals surface area contributed by atoms with Crippen LogP contribution in [0.5, 0.6) is 0 Å². The van der Waals surface area contributed by atoms with Crippen LogP contribution >= 0.6 is 0 Å². The number of hydrogen-bond donors (Lipinski definition) is 2. The lowest BCUT2D eigenvalue weighted by atomic mass is 10.1. The first kappa shape index (κ1) is 21.4. The predicted octanol–water partition coefficient (Wildman–Crippen LogP) is 3.02. The molecule has 0 radical (unpaired) electrons. The molecular weight excluding hydrogens is 352 g/mol. The van der Waals surface area contributed by atoms with Gasteiger partial charge in [0.2, 0.25) is 0 Å². The lowest BCUT2D eigenvalue weighted by Gasteiger charge is -2.45. The molecule has 0 aromatic heterocycles. The zero-order valence-electron chi connectivity index (χ0n) is 16.6. The van der Waals surface area contributed by atoms with Crippen molar-refractivity contribution in [2.45, 2.75) is 44.9 Å². The molecule has 2 atom stereocenters. The second-order valence-electron chi connectivity index (χ2n) is 7.81. The van der Waals surface area contributed by atoms with E-state index < -0.39 is 20.5 Å². The molecule has 0 heterocycles. The molecule has 0 spiro atoms. The zero-order valence-corrected chi connectivity index (χ0v) is 17.6. The Bertz CT molecular complexity index is 735. The molecule has 0 aliphatic carbocycles. The number of aliphatic hydroxyl groups excluding tert-OH is 2. The van der Waals surface area contributed by atoms with Gasteiger partial charge in [-0.2, -0.15) is 0 Å². The summed E-state index contributed by atoms with van der Waals surface area (Å²) in [5.41, 5.74) is 3.53. The van der Waals surface area contributed by atoms with Gasteiger partial charge in [0.1, 0.15) is 12.2 Å². The van der Waals surface area contributed by atoms with E-state index in [1.807, 2.05) is 43.3 Å². The first-order chi connectivity index (χ1) is 12.8. The summed E-state index contributed by atoms with van der Waals surface area (Å²) >= 11 is 0. The second kappa shape index (κ2) is 8.83. The summed E-state index contributed by atoms with van der Waals surface area (Å²) in [6, 6.07) is 20.4. The van der Waals surface area contributed by atoms with Crippen LogP contribution in [0.15, 0.2) is 78.5 Å². The molecule has 27 heavy (non-hydrogen) atoms. The molecule has 0 unspecified atom stereocenters. The fraction of sp³-hybridized carbons (Fsp3) is 0.348. The van der Waals surface area contributed by atoms with Gasteiger partial charge in [-0.05, 0) is 27.9 Å². The van der Waals surface area contributed by atoms with E-state index in [1.54, 1.807) is 0 Å². The van der Waals surface area contributed by atoms with E-state index >= 15 is 0 Å². The SMILES string of the molecule is C=C=C(C)[C@H](O[Si](c1ccccc1)(c1ccccc1)C(C)(C)C)[C@H](O)CO. The van der Waals surface area contributed by atoms with Gasteiger partial charge in [0.05, 0.1) is 6.61 Å².